The molecule has 0 spiro atoms. The molecule has 0 saturated carbocycles. The second-order valence-electron chi connectivity index (χ2n) is 6.20. The van der Waals surface area contributed by atoms with E-state index in [4.69, 9.17) is 4.74 Å². The number of hydrogen-bond donors (Lipinski definition) is 1. The standard InChI is InChI=1S/C14H26N2O/c1-9-10(2)16(7-6-12(9)15-3)13-8-11-4-5-14(13)17-11/h9-15H,4-8H2,1-3H3. The van der Waals surface area contributed by atoms with Crippen LogP contribution in [0.5, 0.6) is 0 Å². The van der Waals surface area contributed by atoms with E-state index in [0.29, 0.717) is 30.3 Å². The van der Waals surface area contributed by atoms with Crippen LogP contribution < -0.4 is 5.32 Å². The molecule has 6 atom stereocenters. The fourth-order valence-electron chi connectivity index (χ4n) is 4.23. The van der Waals surface area contributed by atoms with Crippen molar-refractivity contribution in [3.8, 4) is 0 Å². The number of likely N-dealkylation sites (tertiary alicyclic amines) is 1. The average Bonchev–Trinajstić information content (AvgIpc) is 2.94. The van der Waals surface area contributed by atoms with Crippen molar-refractivity contribution in [3.05, 3.63) is 0 Å². The molecular formula is C14H26N2O. The first-order valence-corrected chi connectivity index (χ1v) is 7.29. The largest absolute Gasteiger partial charge is 0.373 e. The Morgan fingerprint density at radius 2 is 2.00 bits per heavy atom. The molecule has 6 unspecified atom stereocenters. The van der Waals surface area contributed by atoms with Gasteiger partial charge in [0.15, 0.2) is 0 Å². The van der Waals surface area contributed by atoms with Crippen LogP contribution >= 0.6 is 0 Å². The molecule has 0 radical (unpaired) electrons. The SMILES string of the molecule is CNC1CCN(C2CC3CCC2O3)C(C)C1C. The Labute approximate surface area is 105 Å². The molecule has 0 aliphatic carbocycles. The first kappa shape index (κ1) is 11.9. The Bertz CT molecular complexity index is 283. The van der Waals surface area contributed by atoms with Crippen molar-refractivity contribution in [2.75, 3.05) is 13.6 Å². The molecule has 0 aromatic carbocycles. The molecule has 3 fully saturated rings. The normalized spacial score (nSPS) is 51.0. The molecule has 1 N–H and O–H groups in total. The number of fused-ring (bicyclic) bond motifs is 2. The van der Waals surface area contributed by atoms with E-state index < -0.39 is 0 Å². The molecule has 3 aliphatic rings. The highest BCUT2D eigenvalue weighted by Crippen LogP contribution is 2.40. The van der Waals surface area contributed by atoms with E-state index >= 15 is 0 Å². The summed E-state index contributed by atoms with van der Waals surface area (Å²) in [6.45, 7) is 6.04. The molecule has 98 valence electrons. The second kappa shape index (κ2) is 4.52. The van der Waals surface area contributed by atoms with Gasteiger partial charge in [-0.15, -0.1) is 0 Å². The summed E-state index contributed by atoms with van der Waals surface area (Å²) in [6, 6.07) is 2.10. The van der Waals surface area contributed by atoms with E-state index in [-0.39, 0.29) is 0 Å². The second-order valence-corrected chi connectivity index (χ2v) is 6.20. The summed E-state index contributed by atoms with van der Waals surface area (Å²) in [5.41, 5.74) is 0. The first-order valence-electron chi connectivity index (χ1n) is 7.29. The van der Waals surface area contributed by atoms with Gasteiger partial charge in [-0.05, 0) is 45.6 Å². The maximum Gasteiger partial charge on any atom is 0.0736 e. The molecule has 3 nitrogen and oxygen atoms in total. The highest BCUT2D eigenvalue weighted by atomic mass is 16.5. The highest BCUT2D eigenvalue weighted by Gasteiger charge is 2.46. The molecule has 0 aromatic rings. The minimum atomic E-state index is 0.542. The van der Waals surface area contributed by atoms with Gasteiger partial charge in [-0.2, -0.15) is 0 Å². The predicted molar refractivity (Wildman–Crippen MR) is 69.1 cm³/mol. The number of ether oxygens (including phenoxy) is 1. The van der Waals surface area contributed by atoms with E-state index in [9.17, 15) is 0 Å². The highest BCUT2D eigenvalue weighted by molar-refractivity contribution is 5.00. The molecule has 17 heavy (non-hydrogen) atoms. The van der Waals surface area contributed by atoms with Crippen LogP contribution in [0.25, 0.3) is 0 Å². The Morgan fingerprint density at radius 3 is 2.59 bits per heavy atom. The Kier molecular flexibility index (Phi) is 3.18. The summed E-state index contributed by atoms with van der Waals surface area (Å²) in [7, 11) is 2.10. The van der Waals surface area contributed by atoms with E-state index in [1.165, 1.54) is 32.2 Å². The third-order valence-corrected chi connectivity index (χ3v) is 5.49. The fraction of sp³-hybridized carbons (Fsp3) is 1.00. The van der Waals surface area contributed by atoms with Gasteiger partial charge in [-0.1, -0.05) is 6.92 Å². The monoisotopic (exact) mass is 238 g/mol. The van der Waals surface area contributed by atoms with Crippen LogP contribution in [-0.4, -0.2) is 48.8 Å². The van der Waals surface area contributed by atoms with Crippen molar-refractivity contribution in [2.24, 2.45) is 5.92 Å². The molecule has 0 aromatic heterocycles. The predicted octanol–water partition coefficient (Wildman–Crippen LogP) is 1.62. The number of nitrogens with one attached hydrogen (secondary N) is 1. The Balaban J connectivity index is 1.68. The topological polar surface area (TPSA) is 24.5 Å². The molecule has 3 heterocycles. The van der Waals surface area contributed by atoms with Crippen molar-refractivity contribution < 1.29 is 4.74 Å². The zero-order valence-electron chi connectivity index (χ0n) is 11.4. The maximum absolute atomic E-state index is 6.02. The first-order chi connectivity index (χ1) is 8.20. The fourth-order valence-corrected chi connectivity index (χ4v) is 4.23. The van der Waals surface area contributed by atoms with Gasteiger partial charge in [0, 0.05) is 24.7 Å². The molecule has 3 aliphatic heterocycles. The van der Waals surface area contributed by atoms with Crippen molar-refractivity contribution in [1.29, 1.82) is 0 Å². The van der Waals surface area contributed by atoms with Gasteiger partial charge < -0.3 is 10.1 Å². The average molecular weight is 238 g/mol. The Morgan fingerprint density at radius 1 is 1.18 bits per heavy atom. The third kappa shape index (κ3) is 1.92. The van der Waals surface area contributed by atoms with Crippen LogP contribution in [0, 0.1) is 5.92 Å². The van der Waals surface area contributed by atoms with Crippen LogP contribution in [0.1, 0.15) is 39.5 Å². The van der Waals surface area contributed by atoms with Crippen molar-refractivity contribution in [1.82, 2.24) is 10.2 Å². The van der Waals surface area contributed by atoms with Gasteiger partial charge >= 0.3 is 0 Å². The summed E-state index contributed by atoms with van der Waals surface area (Å²) >= 11 is 0. The summed E-state index contributed by atoms with van der Waals surface area (Å²) in [5, 5.41) is 3.47. The van der Waals surface area contributed by atoms with Crippen LogP contribution in [-0.2, 0) is 4.74 Å². The van der Waals surface area contributed by atoms with E-state index in [1.54, 1.807) is 0 Å². The molecular weight excluding hydrogens is 212 g/mol. The third-order valence-electron chi connectivity index (χ3n) is 5.49. The Hall–Kier alpha value is -0.120. The lowest BCUT2D eigenvalue weighted by molar-refractivity contribution is 0.0128. The van der Waals surface area contributed by atoms with Gasteiger partial charge in [-0.25, -0.2) is 0 Å². The zero-order chi connectivity index (χ0) is 12.0. The van der Waals surface area contributed by atoms with Crippen LogP contribution in [0.15, 0.2) is 0 Å². The van der Waals surface area contributed by atoms with Crippen molar-refractivity contribution in [3.63, 3.8) is 0 Å². The lowest BCUT2D eigenvalue weighted by Crippen LogP contribution is -2.57. The van der Waals surface area contributed by atoms with Crippen molar-refractivity contribution in [2.45, 2.75) is 69.9 Å². The van der Waals surface area contributed by atoms with Gasteiger partial charge in [0.05, 0.1) is 12.2 Å². The molecule has 2 bridgehead atoms. The quantitative estimate of drug-likeness (QED) is 0.791. The van der Waals surface area contributed by atoms with Crippen molar-refractivity contribution >= 4 is 0 Å². The zero-order valence-corrected chi connectivity index (χ0v) is 11.4. The molecule has 3 rings (SSSR count). The van der Waals surface area contributed by atoms with Gasteiger partial charge in [0.1, 0.15) is 0 Å². The minimum Gasteiger partial charge on any atom is -0.373 e. The van der Waals surface area contributed by atoms with Crippen LogP contribution in [0.4, 0.5) is 0 Å². The van der Waals surface area contributed by atoms with Gasteiger partial charge in [0.25, 0.3) is 0 Å². The number of piperidine rings is 1. The lowest BCUT2D eigenvalue weighted by Gasteiger charge is -2.46. The summed E-state index contributed by atoms with van der Waals surface area (Å²) in [4.78, 5) is 2.74. The van der Waals surface area contributed by atoms with E-state index in [0.717, 1.165) is 5.92 Å². The minimum absolute atomic E-state index is 0.542. The molecule has 3 heteroatoms. The van der Waals surface area contributed by atoms with Crippen LogP contribution in [0.3, 0.4) is 0 Å². The van der Waals surface area contributed by atoms with E-state index in [2.05, 4.69) is 31.1 Å². The number of rotatable bonds is 2. The summed E-state index contributed by atoms with van der Waals surface area (Å²) in [6.07, 6.45) is 6.29. The van der Waals surface area contributed by atoms with Gasteiger partial charge in [-0.3, -0.25) is 4.90 Å². The van der Waals surface area contributed by atoms with E-state index in [1.807, 2.05) is 0 Å². The maximum atomic E-state index is 6.02. The number of nitrogens with zero attached hydrogens (tertiary/aromatic N) is 1. The van der Waals surface area contributed by atoms with Crippen LogP contribution in [0.2, 0.25) is 0 Å². The van der Waals surface area contributed by atoms with Gasteiger partial charge in [0.2, 0.25) is 0 Å². The summed E-state index contributed by atoms with van der Waals surface area (Å²) < 4.78 is 6.02. The number of hydrogen-bond acceptors (Lipinski definition) is 3. The lowest BCUT2D eigenvalue weighted by atomic mass is 9.83. The molecule has 3 saturated heterocycles. The summed E-state index contributed by atoms with van der Waals surface area (Å²) in [5.74, 6) is 0.743. The molecule has 0 amide bonds. The smallest absolute Gasteiger partial charge is 0.0736 e.